The van der Waals surface area contributed by atoms with E-state index in [1.807, 2.05) is 6.07 Å². The molecule has 0 radical (unpaired) electrons. The Labute approximate surface area is 137 Å². The van der Waals surface area contributed by atoms with Crippen molar-refractivity contribution >= 4 is 22.8 Å². The van der Waals surface area contributed by atoms with Crippen LogP contribution >= 0.6 is 12.2 Å². The van der Waals surface area contributed by atoms with Crippen LogP contribution < -0.4 is 0 Å². The molecule has 118 valence electrons. The summed E-state index contributed by atoms with van der Waals surface area (Å²) in [5.74, 6) is 0. The van der Waals surface area contributed by atoms with Crippen molar-refractivity contribution in [3.63, 3.8) is 0 Å². The van der Waals surface area contributed by atoms with Crippen LogP contribution in [0.15, 0.2) is 36.5 Å². The summed E-state index contributed by atoms with van der Waals surface area (Å²) >= 11 is 5.79. The van der Waals surface area contributed by atoms with Crippen LogP contribution in [0.25, 0.3) is 5.57 Å². The zero-order chi connectivity index (χ0) is 15.2. The molecule has 3 rings (SSSR count). The summed E-state index contributed by atoms with van der Waals surface area (Å²) in [4.78, 5) is 5.47. The minimum Gasteiger partial charge on any atom is -0.378 e. The lowest BCUT2D eigenvalue weighted by Gasteiger charge is -2.32. The molecule has 2 aliphatic heterocycles. The van der Waals surface area contributed by atoms with E-state index in [2.05, 4.69) is 40.3 Å². The Hall–Kier alpha value is -1.43. The first-order valence-electron chi connectivity index (χ1n) is 7.80. The van der Waals surface area contributed by atoms with E-state index in [9.17, 15) is 0 Å². The van der Waals surface area contributed by atoms with E-state index in [0.717, 1.165) is 63.2 Å². The number of hydrogen-bond acceptors (Lipinski definition) is 4. The van der Waals surface area contributed by atoms with Crippen molar-refractivity contribution in [3.8, 4) is 0 Å². The average molecular weight is 318 g/mol. The molecule has 0 bridgehead atoms. The van der Waals surface area contributed by atoms with Crippen LogP contribution in [0.3, 0.4) is 0 Å². The van der Waals surface area contributed by atoms with Crippen LogP contribution in [0.2, 0.25) is 0 Å². The molecular weight excluding hydrogens is 296 g/mol. The van der Waals surface area contributed by atoms with E-state index in [1.165, 1.54) is 5.56 Å². The predicted molar refractivity (Wildman–Crippen MR) is 91.8 cm³/mol. The van der Waals surface area contributed by atoms with Gasteiger partial charge in [-0.05, 0) is 5.56 Å². The van der Waals surface area contributed by atoms with Crippen molar-refractivity contribution in [3.05, 3.63) is 42.1 Å². The molecule has 0 amide bonds. The summed E-state index contributed by atoms with van der Waals surface area (Å²) < 4.78 is 10.9. The van der Waals surface area contributed by atoms with Crippen molar-refractivity contribution in [2.45, 2.75) is 0 Å². The van der Waals surface area contributed by atoms with Gasteiger partial charge in [0.15, 0.2) is 0 Å². The summed E-state index contributed by atoms with van der Waals surface area (Å²) in [5.41, 5.74) is 2.30. The highest BCUT2D eigenvalue weighted by atomic mass is 32.1. The minimum absolute atomic E-state index is 0.750. The van der Waals surface area contributed by atoms with Gasteiger partial charge in [0.2, 0.25) is 0 Å². The molecule has 1 aromatic rings. The zero-order valence-electron chi connectivity index (χ0n) is 12.7. The number of nitrogens with zero attached hydrogens (tertiary/aromatic N) is 2. The largest absolute Gasteiger partial charge is 0.378 e. The van der Waals surface area contributed by atoms with Gasteiger partial charge in [-0.3, -0.25) is 0 Å². The Morgan fingerprint density at radius 3 is 2.14 bits per heavy atom. The smallest absolute Gasteiger partial charge is 0.111 e. The van der Waals surface area contributed by atoms with Crippen LogP contribution in [0, 0.1) is 0 Å². The van der Waals surface area contributed by atoms with Gasteiger partial charge >= 0.3 is 0 Å². The average Bonchev–Trinajstić information content (AvgIpc) is 2.61. The summed E-state index contributed by atoms with van der Waals surface area (Å²) in [5, 5.41) is 0. The van der Waals surface area contributed by atoms with Gasteiger partial charge in [-0.2, -0.15) is 0 Å². The number of morpholine rings is 2. The molecule has 2 saturated heterocycles. The van der Waals surface area contributed by atoms with Gasteiger partial charge in [0.05, 0.1) is 26.4 Å². The Bertz CT molecular complexity index is 521. The molecule has 1 aromatic carbocycles. The molecule has 0 saturated carbocycles. The second-order valence-corrected chi connectivity index (χ2v) is 5.85. The SMILES string of the molecule is S=C(/C(=C/N1CCOCC1)c1ccccc1)N1CCOCC1. The van der Waals surface area contributed by atoms with Gasteiger partial charge < -0.3 is 19.3 Å². The van der Waals surface area contributed by atoms with Crippen LogP contribution in [-0.2, 0) is 9.47 Å². The first-order valence-corrected chi connectivity index (χ1v) is 8.21. The number of thiocarbonyl (C=S) groups is 1. The third-order valence-corrected chi connectivity index (χ3v) is 4.45. The maximum absolute atomic E-state index is 5.79. The van der Waals surface area contributed by atoms with E-state index in [0.29, 0.717) is 0 Å². The monoisotopic (exact) mass is 318 g/mol. The van der Waals surface area contributed by atoms with Gasteiger partial charge in [-0.25, -0.2) is 0 Å². The lowest BCUT2D eigenvalue weighted by molar-refractivity contribution is 0.0595. The van der Waals surface area contributed by atoms with E-state index in [-0.39, 0.29) is 0 Å². The second kappa shape index (κ2) is 7.72. The summed E-state index contributed by atoms with van der Waals surface area (Å²) in [6, 6.07) is 10.4. The molecule has 5 heteroatoms. The molecule has 0 aromatic heterocycles. The molecule has 2 fully saturated rings. The van der Waals surface area contributed by atoms with Crippen LogP contribution in [0.5, 0.6) is 0 Å². The quantitative estimate of drug-likeness (QED) is 0.627. The molecule has 0 atom stereocenters. The van der Waals surface area contributed by atoms with Gasteiger partial charge in [0.1, 0.15) is 4.99 Å². The molecule has 22 heavy (non-hydrogen) atoms. The molecule has 0 unspecified atom stereocenters. The highest BCUT2D eigenvalue weighted by Gasteiger charge is 2.19. The Morgan fingerprint density at radius 2 is 1.50 bits per heavy atom. The third kappa shape index (κ3) is 3.85. The highest BCUT2D eigenvalue weighted by Crippen LogP contribution is 2.21. The number of hydrogen-bond donors (Lipinski definition) is 0. The Balaban J connectivity index is 1.85. The lowest BCUT2D eigenvalue weighted by Crippen LogP contribution is -2.41. The number of ether oxygens (including phenoxy) is 2. The van der Waals surface area contributed by atoms with Crippen molar-refractivity contribution < 1.29 is 9.47 Å². The molecule has 2 heterocycles. The van der Waals surface area contributed by atoms with E-state index < -0.39 is 0 Å². The summed E-state index contributed by atoms with van der Waals surface area (Å²) in [7, 11) is 0. The fourth-order valence-electron chi connectivity index (χ4n) is 2.70. The Kier molecular flexibility index (Phi) is 5.43. The van der Waals surface area contributed by atoms with E-state index >= 15 is 0 Å². The van der Waals surface area contributed by atoms with Crippen LogP contribution in [-0.4, -0.2) is 67.4 Å². The molecular formula is C17H22N2O2S. The summed E-state index contributed by atoms with van der Waals surface area (Å²) in [6.07, 6.45) is 2.20. The van der Waals surface area contributed by atoms with Crippen molar-refractivity contribution in [1.82, 2.24) is 9.80 Å². The summed E-state index contributed by atoms with van der Waals surface area (Å²) in [6.45, 7) is 6.63. The van der Waals surface area contributed by atoms with Crippen molar-refractivity contribution in [1.29, 1.82) is 0 Å². The normalized spacial score (nSPS) is 20.1. The van der Waals surface area contributed by atoms with Crippen molar-refractivity contribution in [2.75, 3.05) is 52.6 Å². The van der Waals surface area contributed by atoms with Gasteiger partial charge in [-0.15, -0.1) is 0 Å². The number of rotatable bonds is 3. The zero-order valence-corrected chi connectivity index (χ0v) is 13.6. The molecule has 0 N–H and O–H groups in total. The molecule has 4 nitrogen and oxygen atoms in total. The molecule has 0 aliphatic carbocycles. The predicted octanol–water partition coefficient (Wildman–Crippen LogP) is 2.02. The van der Waals surface area contributed by atoms with Gasteiger partial charge in [-0.1, -0.05) is 42.5 Å². The number of benzene rings is 1. The van der Waals surface area contributed by atoms with Gasteiger partial charge in [0.25, 0.3) is 0 Å². The second-order valence-electron chi connectivity index (χ2n) is 5.46. The van der Waals surface area contributed by atoms with Gasteiger partial charge in [0, 0.05) is 38.0 Å². The third-order valence-electron chi connectivity index (χ3n) is 3.97. The molecule has 2 aliphatic rings. The fraction of sp³-hybridized carbons (Fsp3) is 0.471. The first-order chi connectivity index (χ1) is 10.8. The first kappa shape index (κ1) is 15.5. The topological polar surface area (TPSA) is 24.9 Å². The van der Waals surface area contributed by atoms with E-state index in [1.54, 1.807) is 0 Å². The van der Waals surface area contributed by atoms with Crippen molar-refractivity contribution in [2.24, 2.45) is 0 Å². The lowest BCUT2D eigenvalue weighted by atomic mass is 10.1. The minimum atomic E-state index is 0.750. The fourth-order valence-corrected chi connectivity index (χ4v) is 3.05. The standard InChI is InChI=1S/C17H22N2O2S/c22-17(19-8-12-21-13-9-19)16(15-4-2-1-3-5-15)14-18-6-10-20-11-7-18/h1-5,14H,6-13H2/b16-14+. The Morgan fingerprint density at radius 1 is 0.909 bits per heavy atom. The van der Waals surface area contributed by atoms with Crippen LogP contribution in [0.4, 0.5) is 0 Å². The molecule has 0 spiro atoms. The van der Waals surface area contributed by atoms with Crippen LogP contribution in [0.1, 0.15) is 5.56 Å². The van der Waals surface area contributed by atoms with E-state index in [4.69, 9.17) is 21.7 Å². The maximum Gasteiger partial charge on any atom is 0.111 e. The highest BCUT2D eigenvalue weighted by molar-refractivity contribution is 7.81. The maximum atomic E-state index is 5.79.